The van der Waals surface area contributed by atoms with Crippen LogP contribution >= 0.6 is 0 Å². The van der Waals surface area contributed by atoms with E-state index in [0.717, 1.165) is 6.42 Å². The van der Waals surface area contributed by atoms with Crippen molar-refractivity contribution >= 4 is 29.8 Å². The van der Waals surface area contributed by atoms with Gasteiger partial charge in [-0.15, -0.1) is 0 Å². The molecule has 0 atom stereocenters. The number of carbonyl (C=O) groups excluding carboxylic acids is 1. The van der Waals surface area contributed by atoms with Crippen molar-refractivity contribution in [2.24, 2.45) is 0 Å². The van der Waals surface area contributed by atoms with Crippen LogP contribution in [0.2, 0.25) is 0 Å². The van der Waals surface area contributed by atoms with Crippen molar-refractivity contribution in [1.82, 2.24) is 0 Å². The minimum absolute atomic E-state index is 0. The molecule has 0 rings (SSSR count). The van der Waals surface area contributed by atoms with E-state index in [9.17, 15) is 0 Å². The van der Waals surface area contributed by atoms with Crippen molar-refractivity contribution in [1.29, 1.82) is 0 Å². The van der Waals surface area contributed by atoms with E-state index >= 15 is 0 Å². The Balaban J connectivity index is -0.0000000480. The van der Waals surface area contributed by atoms with E-state index in [0.29, 0.717) is 0 Å². The fourth-order valence-electron chi connectivity index (χ4n) is 0. The molecule has 0 radical (unpaired) electrons. The first-order chi connectivity index (χ1) is 2.91. The van der Waals surface area contributed by atoms with Gasteiger partial charge in [-0.3, -0.25) is 6.79 Å². The van der Waals surface area contributed by atoms with Crippen molar-refractivity contribution < 1.29 is 4.79 Å². The molecular formula is C5H10MgO. The summed E-state index contributed by atoms with van der Waals surface area (Å²) in [4.78, 5) is 7.75. The molecule has 0 aromatic rings. The summed E-state index contributed by atoms with van der Waals surface area (Å²) >= 11 is 0. The monoisotopic (exact) mass is 110 g/mol. The second kappa shape index (κ2) is 32.0. The van der Waals surface area contributed by atoms with Gasteiger partial charge in [0.2, 0.25) is 0 Å². The Kier molecular flexibility index (Phi) is 71.7. The molecule has 0 fully saturated rings. The summed E-state index contributed by atoms with van der Waals surface area (Å²) in [6.07, 6.45) is 2.28. The number of hydrogen-bond donors (Lipinski definition) is 0. The predicted octanol–water partition coefficient (Wildman–Crippen LogP) is 0.966. The molecule has 0 spiro atoms. The Morgan fingerprint density at radius 2 is 1.71 bits per heavy atom. The third-order valence-electron chi connectivity index (χ3n) is 0.354. The quantitative estimate of drug-likeness (QED) is 0.279. The van der Waals surface area contributed by atoms with E-state index in [1.165, 1.54) is 6.42 Å². The fraction of sp³-hybridized carbons (Fsp3) is 0.600. The molecule has 0 heterocycles. The third kappa shape index (κ3) is 61.4. The minimum atomic E-state index is 0. The molecule has 38 valence electrons. The largest absolute Gasteiger partial charge is 2.00 e. The first kappa shape index (κ1) is 15.7. The van der Waals surface area contributed by atoms with Crippen LogP contribution in [0.4, 0.5) is 0 Å². The maximum atomic E-state index is 7.75. The second-order valence-electron chi connectivity index (χ2n) is 0.854. The van der Waals surface area contributed by atoms with Crippen molar-refractivity contribution in [3.63, 3.8) is 0 Å². The van der Waals surface area contributed by atoms with Gasteiger partial charge in [0.25, 0.3) is 0 Å². The summed E-state index contributed by atoms with van der Waals surface area (Å²) in [5.74, 6) is 0. The zero-order valence-corrected chi connectivity index (χ0v) is 6.23. The van der Waals surface area contributed by atoms with Gasteiger partial charge in [-0.25, -0.2) is 0 Å². The van der Waals surface area contributed by atoms with Crippen LogP contribution in [0.3, 0.4) is 0 Å². The van der Waals surface area contributed by atoms with Crippen LogP contribution in [0.1, 0.15) is 19.8 Å². The molecule has 0 saturated heterocycles. The molecule has 1 nitrogen and oxygen atoms in total. The Hall–Kier alpha value is 0.436. The summed E-state index contributed by atoms with van der Waals surface area (Å²) in [5, 5.41) is 0. The summed E-state index contributed by atoms with van der Waals surface area (Å²) < 4.78 is 0. The average molecular weight is 110 g/mol. The van der Waals surface area contributed by atoms with Gasteiger partial charge < -0.3 is 11.7 Å². The SMILES string of the molecule is [CH-]=O.[CH2-]CCC.[Mg+2]. The van der Waals surface area contributed by atoms with Crippen molar-refractivity contribution in [3.05, 3.63) is 6.92 Å². The molecular weight excluding hydrogens is 100 g/mol. The minimum Gasteiger partial charge on any atom is -0.545 e. The van der Waals surface area contributed by atoms with Gasteiger partial charge in [0.15, 0.2) is 0 Å². The van der Waals surface area contributed by atoms with Gasteiger partial charge in [-0.05, 0) is 0 Å². The van der Waals surface area contributed by atoms with Gasteiger partial charge >= 0.3 is 23.1 Å². The van der Waals surface area contributed by atoms with Gasteiger partial charge in [0.1, 0.15) is 0 Å². The summed E-state index contributed by atoms with van der Waals surface area (Å²) in [5.41, 5.74) is 0. The normalized spacial score (nSPS) is 4.86. The van der Waals surface area contributed by atoms with Crippen LogP contribution < -0.4 is 0 Å². The standard InChI is InChI=1S/C4H9.CHO.Mg/c1-3-4-2;1-2;/h1,3-4H2,2H3;1H;/q2*-1;+2. The zero-order valence-electron chi connectivity index (χ0n) is 4.81. The Bertz CT molecular complexity index is 15.6. The third-order valence-corrected chi connectivity index (χ3v) is 0.354. The first-order valence-electron chi connectivity index (χ1n) is 1.94. The van der Waals surface area contributed by atoms with Crippen molar-refractivity contribution in [3.8, 4) is 0 Å². The van der Waals surface area contributed by atoms with Crippen LogP contribution in [0.25, 0.3) is 0 Å². The number of unbranched alkanes of at least 4 members (excludes halogenated alkanes) is 1. The summed E-state index contributed by atoms with van der Waals surface area (Å²) in [6.45, 7) is 8.97. The Labute approximate surface area is 61.6 Å². The fourth-order valence-corrected chi connectivity index (χ4v) is 0. The molecule has 0 aromatic heterocycles. The predicted molar refractivity (Wildman–Crippen MR) is 32.8 cm³/mol. The van der Waals surface area contributed by atoms with Crippen molar-refractivity contribution in [2.75, 3.05) is 0 Å². The molecule has 0 aliphatic rings. The van der Waals surface area contributed by atoms with Gasteiger partial charge in [0.05, 0.1) is 0 Å². The maximum absolute atomic E-state index is 7.75. The molecule has 0 aliphatic heterocycles. The molecule has 2 heteroatoms. The van der Waals surface area contributed by atoms with E-state index in [1.54, 1.807) is 0 Å². The molecule has 0 aliphatic carbocycles. The molecule has 7 heavy (non-hydrogen) atoms. The Morgan fingerprint density at radius 3 is 1.71 bits per heavy atom. The van der Waals surface area contributed by atoms with Crippen LogP contribution in [-0.4, -0.2) is 29.8 Å². The summed E-state index contributed by atoms with van der Waals surface area (Å²) in [7, 11) is 0. The van der Waals surface area contributed by atoms with Crippen LogP contribution in [-0.2, 0) is 4.79 Å². The Morgan fingerprint density at radius 1 is 1.57 bits per heavy atom. The molecule has 0 bridgehead atoms. The van der Waals surface area contributed by atoms with E-state index in [4.69, 9.17) is 4.79 Å². The molecule has 0 amide bonds. The van der Waals surface area contributed by atoms with Crippen LogP contribution in [0.5, 0.6) is 0 Å². The van der Waals surface area contributed by atoms with Gasteiger partial charge in [-0.1, -0.05) is 13.3 Å². The van der Waals surface area contributed by atoms with Crippen LogP contribution in [0.15, 0.2) is 0 Å². The van der Waals surface area contributed by atoms with E-state index in [1.807, 2.05) is 0 Å². The van der Waals surface area contributed by atoms with Crippen LogP contribution in [0, 0.1) is 6.92 Å². The topological polar surface area (TPSA) is 17.1 Å². The maximum Gasteiger partial charge on any atom is 2.00 e. The van der Waals surface area contributed by atoms with Gasteiger partial charge in [-0.2, -0.15) is 6.42 Å². The zero-order chi connectivity index (χ0) is 5.41. The summed E-state index contributed by atoms with van der Waals surface area (Å²) in [6, 6.07) is 0. The molecule has 0 saturated carbocycles. The van der Waals surface area contributed by atoms with E-state index < -0.39 is 0 Å². The van der Waals surface area contributed by atoms with E-state index in [2.05, 4.69) is 20.6 Å². The van der Waals surface area contributed by atoms with Crippen molar-refractivity contribution in [2.45, 2.75) is 19.8 Å². The number of rotatable bonds is 1. The number of hydrogen-bond acceptors (Lipinski definition) is 1. The second-order valence-corrected chi connectivity index (χ2v) is 0.854. The molecule has 0 unspecified atom stereocenters. The molecule has 0 aromatic carbocycles. The first-order valence-corrected chi connectivity index (χ1v) is 1.94. The van der Waals surface area contributed by atoms with Gasteiger partial charge in [0, 0.05) is 0 Å². The van der Waals surface area contributed by atoms with E-state index in [-0.39, 0.29) is 23.1 Å². The smallest absolute Gasteiger partial charge is 0.545 e. The average Bonchev–Trinajstić information content (AvgIpc) is 1.72. The molecule has 0 N–H and O–H groups in total.